The molecule has 0 aromatic carbocycles. The van der Waals surface area contributed by atoms with Gasteiger partial charge in [0.1, 0.15) is 9.23 Å². The summed E-state index contributed by atoms with van der Waals surface area (Å²) < 4.78 is 1.35. The Bertz CT molecular complexity index is 483. The molecule has 1 amide bonds. The van der Waals surface area contributed by atoms with E-state index < -0.39 is 5.97 Å². The smallest absolute Gasteiger partial charge is 0.308 e. The maximum absolute atomic E-state index is 11.8. The molecular formula is C9H7NO3S4. The van der Waals surface area contributed by atoms with Crippen LogP contribution in [0.15, 0.2) is 19.5 Å². The standard InChI is InChI=1S/C9H7NO3S4/c1-10-7(13)6(17-9(10)14)8-15-3-4(16-8)2-5(11)12/h3H,2H2,1H3,(H,11,12)/b8-6+. The number of carboxylic acid groups (broad SMARTS) is 1. The van der Waals surface area contributed by atoms with Crippen LogP contribution in [0, 0.1) is 0 Å². The molecule has 2 aliphatic heterocycles. The second-order valence-electron chi connectivity index (χ2n) is 3.22. The van der Waals surface area contributed by atoms with Crippen molar-refractivity contribution < 1.29 is 14.7 Å². The number of thiocarbonyl (C=S) groups is 1. The zero-order chi connectivity index (χ0) is 12.6. The van der Waals surface area contributed by atoms with Gasteiger partial charge in [0.15, 0.2) is 0 Å². The molecule has 90 valence electrons. The summed E-state index contributed by atoms with van der Waals surface area (Å²) in [6.45, 7) is 0. The van der Waals surface area contributed by atoms with Crippen LogP contribution in [0.3, 0.4) is 0 Å². The number of likely N-dealkylation sites (N-methyl/N-ethyl adjacent to an activating group) is 1. The van der Waals surface area contributed by atoms with Gasteiger partial charge in [0, 0.05) is 12.0 Å². The molecule has 8 heteroatoms. The fourth-order valence-corrected chi connectivity index (χ4v) is 4.86. The Balaban J connectivity index is 2.14. The number of carbonyl (C=O) groups is 2. The summed E-state index contributed by atoms with van der Waals surface area (Å²) in [6, 6.07) is 0. The van der Waals surface area contributed by atoms with Crippen LogP contribution in [0.5, 0.6) is 0 Å². The molecular weight excluding hydrogens is 298 g/mol. The van der Waals surface area contributed by atoms with E-state index in [-0.39, 0.29) is 12.3 Å². The summed E-state index contributed by atoms with van der Waals surface area (Å²) in [4.78, 5) is 25.2. The van der Waals surface area contributed by atoms with Gasteiger partial charge in [-0.3, -0.25) is 14.5 Å². The highest BCUT2D eigenvalue weighted by molar-refractivity contribution is 8.31. The van der Waals surface area contributed by atoms with Gasteiger partial charge in [-0.2, -0.15) is 0 Å². The summed E-state index contributed by atoms with van der Waals surface area (Å²) in [6.07, 6.45) is -0.00636. The second kappa shape index (κ2) is 5.05. The van der Waals surface area contributed by atoms with E-state index in [4.69, 9.17) is 17.3 Å². The molecule has 17 heavy (non-hydrogen) atoms. The molecule has 2 heterocycles. The molecule has 0 aliphatic carbocycles. The quantitative estimate of drug-likeness (QED) is 0.621. The molecule has 0 unspecified atom stereocenters. The van der Waals surface area contributed by atoms with E-state index in [9.17, 15) is 9.59 Å². The third kappa shape index (κ3) is 2.70. The van der Waals surface area contributed by atoms with Gasteiger partial charge in [0.2, 0.25) is 0 Å². The number of carboxylic acids is 1. The molecule has 2 aliphatic rings. The van der Waals surface area contributed by atoms with Crippen LogP contribution in [0.4, 0.5) is 0 Å². The average Bonchev–Trinajstić information content (AvgIpc) is 2.78. The fraction of sp³-hybridized carbons (Fsp3) is 0.222. The SMILES string of the molecule is CN1C(=O)/C(=C2/SC=C(CC(=O)O)S2)SC1=S. The van der Waals surface area contributed by atoms with Crippen molar-refractivity contribution in [2.24, 2.45) is 0 Å². The molecule has 0 bridgehead atoms. The van der Waals surface area contributed by atoms with Crippen molar-refractivity contribution in [2.45, 2.75) is 6.42 Å². The van der Waals surface area contributed by atoms with Gasteiger partial charge >= 0.3 is 5.97 Å². The first-order valence-electron chi connectivity index (χ1n) is 4.48. The minimum atomic E-state index is -0.867. The molecule has 1 N–H and O–H groups in total. The van der Waals surface area contributed by atoms with Crippen LogP contribution in [0.25, 0.3) is 0 Å². The minimum Gasteiger partial charge on any atom is -0.481 e. The van der Waals surface area contributed by atoms with Crippen molar-refractivity contribution in [3.05, 3.63) is 19.5 Å². The highest BCUT2D eigenvalue weighted by Crippen LogP contribution is 2.50. The highest BCUT2D eigenvalue weighted by Gasteiger charge is 2.33. The number of hydrogen-bond donors (Lipinski definition) is 1. The van der Waals surface area contributed by atoms with Crippen LogP contribution < -0.4 is 0 Å². The third-order valence-electron chi connectivity index (χ3n) is 1.99. The predicted molar refractivity (Wildman–Crippen MR) is 75.5 cm³/mol. The molecule has 1 fully saturated rings. The Labute approximate surface area is 116 Å². The second-order valence-corrected chi connectivity index (χ2v) is 7.14. The van der Waals surface area contributed by atoms with Crippen molar-refractivity contribution in [3.63, 3.8) is 0 Å². The lowest BCUT2D eigenvalue weighted by Gasteiger charge is -2.04. The normalized spacial score (nSPS) is 24.5. The summed E-state index contributed by atoms with van der Waals surface area (Å²) in [5.41, 5.74) is 0. The molecule has 0 radical (unpaired) electrons. The van der Waals surface area contributed by atoms with Crippen LogP contribution in [-0.4, -0.2) is 33.3 Å². The predicted octanol–water partition coefficient (Wildman–Crippen LogP) is 2.44. The van der Waals surface area contributed by atoms with Gasteiger partial charge in [-0.05, 0) is 5.41 Å². The maximum atomic E-state index is 11.8. The molecule has 1 saturated heterocycles. The van der Waals surface area contributed by atoms with Crippen molar-refractivity contribution in [2.75, 3.05) is 7.05 Å². The van der Waals surface area contributed by atoms with E-state index in [1.807, 2.05) is 0 Å². The van der Waals surface area contributed by atoms with E-state index in [1.165, 1.54) is 40.2 Å². The van der Waals surface area contributed by atoms with Crippen LogP contribution in [-0.2, 0) is 9.59 Å². The van der Waals surface area contributed by atoms with Gasteiger partial charge < -0.3 is 5.11 Å². The van der Waals surface area contributed by atoms with Crippen LogP contribution in [0.2, 0.25) is 0 Å². The number of carbonyl (C=O) groups excluding carboxylic acids is 1. The average molecular weight is 305 g/mol. The molecule has 0 aromatic heterocycles. The first-order chi connectivity index (χ1) is 7.99. The first-order valence-corrected chi connectivity index (χ1v) is 7.40. The van der Waals surface area contributed by atoms with E-state index in [0.717, 1.165) is 9.14 Å². The largest absolute Gasteiger partial charge is 0.481 e. The Kier molecular flexibility index (Phi) is 3.86. The van der Waals surface area contributed by atoms with Gasteiger partial charge in [-0.15, -0.1) is 0 Å². The zero-order valence-electron chi connectivity index (χ0n) is 8.63. The Hall–Kier alpha value is -0.440. The van der Waals surface area contributed by atoms with Crippen molar-refractivity contribution in [1.82, 2.24) is 4.90 Å². The number of thioether (sulfide) groups is 3. The highest BCUT2D eigenvalue weighted by atomic mass is 32.2. The van der Waals surface area contributed by atoms with E-state index >= 15 is 0 Å². The summed E-state index contributed by atoms with van der Waals surface area (Å²) >= 11 is 9.03. The summed E-state index contributed by atoms with van der Waals surface area (Å²) in [5.74, 6) is -0.978. The number of hydrogen-bond acceptors (Lipinski definition) is 6. The molecule has 0 atom stereocenters. The van der Waals surface area contributed by atoms with Crippen molar-refractivity contribution >= 4 is 63.7 Å². The van der Waals surface area contributed by atoms with E-state index in [1.54, 1.807) is 12.5 Å². The van der Waals surface area contributed by atoms with Gasteiger partial charge in [-0.25, -0.2) is 0 Å². The molecule has 4 nitrogen and oxygen atoms in total. The lowest BCUT2D eigenvalue weighted by Crippen LogP contribution is -2.22. The molecule has 0 spiro atoms. The molecule has 0 aromatic rings. The molecule has 2 rings (SSSR count). The number of nitrogens with zero attached hydrogens (tertiary/aromatic N) is 1. The zero-order valence-corrected chi connectivity index (χ0v) is 11.9. The lowest BCUT2D eigenvalue weighted by atomic mass is 10.4. The third-order valence-corrected chi connectivity index (χ3v) is 6.23. The van der Waals surface area contributed by atoms with Crippen LogP contribution >= 0.6 is 47.5 Å². The van der Waals surface area contributed by atoms with E-state index in [2.05, 4.69) is 0 Å². The summed E-state index contributed by atoms with van der Waals surface area (Å²) in [5, 5.41) is 10.5. The van der Waals surface area contributed by atoms with Crippen molar-refractivity contribution in [1.29, 1.82) is 0 Å². The summed E-state index contributed by atoms with van der Waals surface area (Å²) in [7, 11) is 1.64. The monoisotopic (exact) mass is 305 g/mol. The minimum absolute atomic E-state index is 0.00636. The Morgan fingerprint density at radius 3 is 2.76 bits per heavy atom. The van der Waals surface area contributed by atoms with Crippen LogP contribution in [0.1, 0.15) is 6.42 Å². The lowest BCUT2D eigenvalue weighted by molar-refractivity contribution is -0.136. The maximum Gasteiger partial charge on any atom is 0.308 e. The number of amides is 1. The number of aliphatic carboxylic acids is 1. The van der Waals surface area contributed by atoms with Gasteiger partial charge in [-0.1, -0.05) is 47.5 Å². The Morgan fingerprint density at radius 2 is 2.24 bits per heavy atom. The van der Waals surface area contributed by atoms with E-state index in [0.29, 0.717) is 9.23 Å². The number of rotatable bonds is 2. The van der Waals surface area contributed by atoms with Crippen molar-refractivity contribution in [3.8, 4) is 0 Å². The Morgan fingerprint density at radius 1 is 1.53 bits per heavy atom. The molecule has 0 saturated carbocycles. The van der Waals surface area contributed by atoms with Gasteiger partial charge in [0.05, 0.1) is 10.7 Å². The topological polar surface area (TPSA) is 57.6 Å². The first kappa shape index (κ1) is 13.0. The fourth-order valence-electron chi connectivity index (χ4n) is 1.18. The van der Waals surface area contributed by atoms with Gasteiger partial charge in [0.25, 0.3) is 5.91 Å².